The number of aromatic nitrogens is 4. The molecule has 69 heavy (non-hydrogen) atoms. The Morgan fingerprint density at radius 2 is 0.841 bits per heavy atom. The summed E-state index contributed by atoms with van der Waals surface area (Å²) in [6, 6.07) is 81.6. The normalized spacial score (nSPS) is 11.8. The summed E-state index contributed by atoms with van der Waals surface area (Å²) in [7, 11) is 0. The van der Waals surface area contributed by atoms with Gasteiger partial charge in [0.15, 0.2) is 17.5 Å². The van der Waals surface area contributed by atoms with Gasteiger partial charge in [-0.1, -0.05) is 170 Å². The molecule has 0 fully saturated rings. The molecule has 0 aliphatic carbocycles. The van der Waals surface area contributed by atoms with Crippen LogP contribution in [-0.4, -0.2) is 19.5 Å². The van der Waals surface area contributed by atoms with Gasteiger partial charge in [0.1, 0.15) is 11.2 Å². The Balaban J connectivity index is 1.05. The molecule has 0 atom stereocenters. The van der Waals surface area contributed by atoms with E-state index in [1.54, 1.807) is 0 Å². The molecule has 0 bridgehead atoms. The summed E-state index contributed by atoms with van der Waals surface area (Å²) >= 11 is 1.85. The highest BCUT2D eigenvalue weighted by Crippen LogP contribution is 2.44. The third kappa shape index (κ3) is 6.64. The lowest BCUT2D eigenvalue weighted by Gasteiger charge is -2.15. The molecule has 14 rings (SSSR count). The van der Waals surface area contributed by atoms with Gasteiger partial charge < -0.3 is 8.98 Å². The molecule has 0 spiro atoms. The topological polar surface area (TPSA) is 56.7 Å². The molecular formula is C63H38N4OS. The second kappa shape index (κ2) is 15.8. The first-order valence-electron chi connectivity index (χ1n) is 23.2. The number of hydrogen-bond donors (Lipinski definition) is 0. The van der Waals surface area contributed by atoms with E-state index in [0.717, 1.165) is 83.2 Å². The Hall–Kier alpha value is -8.97. The number of fused-ring (bicyclic) bond motifs is 10. The van der Waals surface area contributed by atoms with Crippen molar-refractivity contribution in [1.82, 2.24) is 19.5 Å². The van der Waals surface area contributed by atoms with Gasteiger partial charge in [0.2, 0.25) is 0 Å². The minimum atomic E-state index is 0.580. The molecule has 0 N–H and O–H groups in total. The van der Waals surface area contributed by atoms with E-state index in [2.05, 4.69) is 211 Å². The molecule has 5 nitrogen and oxygen atoms in total. The molecule has 6 heteroatoms. The van der Waals surface area contributed by atoms with Gasteiger partial charge in [-0.25, -0.2) is 15.0 Å². The van der Waals surface area contributed by atoms with E-state index in [-0.39, 0.29) is 0 Å². The highest BCUT2D eigenvalue weighted by atomic mass is 32.1. The van der Waals surface area contributed by atoms with E-state index in [4.69, 9.17) is 19.4 Å². The maximum absolute atomic E-state index is 6.33. The van der Waals surface area contributed by atoms with Crippen LogP contribution in [0.4, 0.5) is 0 Å². The lowest BCUT2D eigenvalue weighted by Crippen LogP contribution is -2.02. The maximum atomic E-state index is 6.33. The average Bonchev–Trinajstić information content (AvgIpc) is 4.11. The standard InChI is InChI=1S/C63H38N4OS/c1-3-15-39(16-4-1)41-19-13-21-44(33-41)61-64-62(45-22-14-20-42(34-45)40-17-5-2-6-18-40)66-63(65-61)47-35-46(43-29-32-57-54(38-43)50-24-8-11-27-56(50)68-57)36-48(37-47)67-55-26-10-7-23-49(55)52-30-31-53-51-25-9-12-28-58(51)69-60(53)59(52)67/h1-38H. The van der Waals surface area contributed by atoms with Crippen LogP contribution in [0.15, 0.2) is 235 Å². The van der Waals surface area contributed by atoms with Gasteiger partial charge in [0, 0.05) is 59.4 Å². The molecule has 0 aliphatic heterocycles. The van der Waals surface area contributed by atoms with E-state index in [0.29, 0.717) is 17.5 Å². The van der Waals surface area contributed by atoms with Gasteiger partial charge in [-0.3, -0.25) is 0 Å². The van der Waals surface area contributed by atoms with Crippen LogP contribution in [0, 0.1) is 0 Å². The fraction of sp³-hybridized carbons (Fsp3) is 0. The minimum Gasteiger partial charge on any atom is -0.456 e. The number of thiophene rings is 1. The zero-order chi connectivity index (χ0) is 45.4. The first-order valence-corrected chi connectivity index (χ1v) is 24.0. The molecule has 4 heterocycles. The number of rotatable bonds is 7. The second-order valence-electron chi connectivity index (χ2n) is 17.6. The number of furan rings is 1. The SMILES string of the molecule is c1ccc(-c2cccc(-c3nc(-c4cccc(-c5ccccc5)c4)nc(-c4cc(-c5ccc6oc7ccccc7c6c5)cc(-n5c6ccccc6c6ccc7c8ccccc8sc7c65)c4)n3)c2)cc1. The molecule has 10 aromatic carbocycles. The molecule has 322 valence electrons. The van der Waals surface area contributed by atoms with Crippen molar-refractivity contribution >= 4 is 75.3 Å². The van der Waals surface area contributed by atoms with Crippen molar-refractivity contribution < 1.29 is 4.42 Å². The Labute approximate surface area is 400 Å². The third-order valence-corrected chi connectivity index (χ3v) is 14.6. The van der Waals surface area contributed by atoms with Crippen LogP contribution < -0.4 is 0 Å². The van der Waals surface area contributed by atoms with Crippen LogP contribution in [0.3, 0.4) is 0 Å². The van der Waals surface area contributed by atoms with Crippen molar-refractivity contribution in [3.8, 4) is 73.2 Å². The number of benzene rings is 10. The fourth-order valence-electron chi connectivity index (χ4n) is 10.1. The van der Waals surface area contributed by atoms with Gasteiger partial charge in [0.25, 0.3) is 0 Å². The number of nitrogens with zero attached hydrogens (tertiary/aromatic N) is 4. The fourth-order valence-corrected chi connectivity index (χ4v) is 11.4. The van der Waals surface area contributed by atoms with Crippen LogP contribution in [0.1, 0.15) is 0 Å². The lowest BCUT2D eigenvalue weighted by molar-refractivity contribution is 0.669. The summed E-state index contributed by atoms with van der Waals surface area (Å²) in [6.45, 7) is 0. The molecular weight excluding hydrogens is 861 g/mol. The van der Waals surface area contributed by atoms with Gasteiger partial charge in [-0.15, -0.1) is 11.3 Å². The molecule has 0 radical (unpaired) electrons. The number of hydrogen-bond acceptors (Lipinski definition) is 5. The Morgan fingerprint density at radius 1 is 0.319 bits per heavy atom. The van der Waals surface area contributed by atoms with Gasteiger partial charge in [-0.05, 0) is 94.0 Å². The molecule has 4 aromatic heterocycles. The zero-order valence-electron chi connectivity index (χ0n) is 37.0. The summed E-state index contributed by atoms with van der Waals surface area (Å²) in [4.78, 5) is 16.1. The van der Waals surface area contributed by atoms with E-state index in [9.17, 15) is 0 Å². The summed E-state index contributed by atoms with van der Waals surface area (Å²) in [5.74, 6) is 1.77. The van der Waals surface area contributed by atoms with Crippen LogP contribution in [0.2, 0.25) is 0 Å². The van der Waals surface area contributed by atoms with Crippen LogP contribution in [-0.2, 0) is 0 Å². The molecule has 0 unspecified atom stereocenters. The van der Waals surface area contributed by atoms with Gasteiger partial charge in [0.05, 0.1) is 15.7 Å². The second-order valence-corrected chi connectivity index (χ2v) is 18.6. The quantitative estimate of drug-likeness (QED) is 0.160. The molecule has 0 saturated carbocycles. The van der Waals surface area contributed by atoms with Gasteiger partial charge >= 0.3 is 0 Å². The minimum absolute atomic E-state index is 0.580. The van der Waals surface area contributed by atoms with E-state index < -0.39 is 0 Å². The summed E-state index contributed by atoms with van der Waals surface area (Å²) in [6.07, 6.45) is 0. The predicted molar refractivity (Wildman–Crippen MR) is 287 cm³/mol. The lowest BCUT2D eigenvalue weighted by atomic mass is 9.99. The highest BCUT2D eigenvalue weighted by Gasteiger charge is 2.21. The van der Waals surface area contributed by atoms with E-state index in [1.807, 2.05) is 35.6 Å². The van der Waals surface area contributed by atoms with Crippen LogP contribution in [0.5, 0.6) is 0 Å². The van der Waals surface area contributed by atoms with Crippen molar-refractivity contribution in [3.05, 3.63) is 231 Å². The Kier molecular flexibility index (Phi) is 9.00. The smallest absolute Gasteiger partial charge is 0.164 e. The third-order valence-electron chi connectivity index (χ3n) is 13.4. The summed E-state index contributed by atoms with van der Waals surface area (Å²) in [5.41, 5.74) is 14.3. The van der Waals surface area contributed by atoms with Crippen molar-refractivity contribution in [2.75, 3.05) is 0 Å². The van der Waals surface area contributed by atoms with E-state index >= 15 is 0 Å². The predicted octanol–water partition coefficient (Wildman–Crippen LogP) is 17.2. The largest absolute Gasteiger partial charge is 0.456 e. The van der Waals surface area contributed by atoms with Gasteiger partial charge in [-0.2, -0.15) is 0 Å². The Bertz CT molecular complexity index is 4220. The monoisotopic (exact) mass is 898 g/mol. The highest BCUT2D eigenvalue weighted by molar-refractivity contribution is 7.26. The summed E-state index contributed by atoms with van der Waals surface area (Å²) in [5, 5.41) is 7.09. The molecule has 14 aromatic rings. The van der Waals surface area contributed by atoms with Crippen molar-refractivity contribution in [3.63, 3.8) is 0 Å². The van der Waals surface area contributed by atoms with Crippen LogP contribution in [0.25, 0.3) is 137 Å². The average molecular weight is 899 g/mol. The first kappa shape index (κ1) is 39.2. The van der Waals surface area contributed by atoms with E-state index in [1.165, 1.54) is 36.5 Å². The summed E-state index contributed by atoms with van der Waals surface area (Å²) < 4.78 is 11.3. The molecule has 0 aliphatic rings. The maximum Gasteiger partial charge on any atom is 0.164 e. The van der Waals surface area contributed by atoms with Crippen molar-refractivity contribution in [2.45, 2.75) is 0 Å². The first-order chi connectivity index (χ1) is 34.2. The van der Waals surface area contributed by atoms with Crippen molar-refractivity contribution in [2.24, 2.45) is 0 Å². The molecule has 0 saturated heterocycles. The molecule has 0 amide bonds. The van der Waals surface area contributed by atoms with Crippen molar-refractivity contribution in [1.29, 1.82) is 0 Å². The number of para-hydroxylation sites is 2. The zero-order valence-corrected chi connectivity index (χ0v) is 37.9. The van der Waals surface area contributed by atoms with Crippen LogP contribution >= 0.6 is 11.3 Å². The Morgan fingerprint density at radius 3 is 1.57 bits per heavy atom.